The maximum absolute atomic E-state index is 14.6. The Kier molecular flexibility index (Phi) is 6.95. The Bertz CT molecular complexity index is 1920. The second-order valence-corrected chi connectivity index (χ2v) is 14.0. The monoisotopic (exact) mass is 651 g/mol. The van der Waals surface area contributed by atoms with Gasteiger partial charge in [-0.15, -0.1) is 0 Å². The van der Waals surface area contributed by atoms with Crippen LogP contribution in [0.4, 0.5) is 15.9 Å². The molecule has 1 aromatic carbocycles. The van der Waals surface area contributed by atoms with Crippen molar-refractivity contribution in [3.05, 3.63) is 64.3 Å². The molecule has 248 valence electrons. The molecule has 0 saturated carbocycles. The fourth-order valence-corrected chi connectivity index (χ4v) is 8.91. The predicted molar refractivity (Wildman–Crippen MR) is 173 cm³/mol. The SMILES string of the molecule is N#Cc1c(N)ccc2c1[C@]1(CCC2)Cc2nc(OCC34CCCN3C[C@H](F)C4)nc(N3CCCn4nc(-c5ncco5)cc4C3)c2CO1. The van der Waals surface area contributed by atoms with E-state index in [2.05, 4.69) is 20.9 Å². The van der Waals surface area contributed by atoms with E-state index in [-0.39, 0.29) is 5.54 Å². The largest absolute Gasteiger partial charge is 0.461 e. The molecule has 4 aliphatic heterocycles. The van der Waals surface area contributed by atoms with E-state index in [1.54, 1.807) is 12.5 Å². The first-order valence-electron chi connectivity index (χ1n) is 17.0. The first kappa shape index (κ1) is 29.6. The van der Waals surface area contributed by atoms with Crippen LogP contribution in [0.2, 0.25) is 0 Å². The molecule has 4 aromatic rings. The van der Waals surface area contributed by atoms with E-state index >= 15 is 0 Å². The normalized spacial score (nSPS) is 26.4. The molecule has 0 bridgehead atoms. The van der Waals surface area contributed by atoms with Crippen LogP contribution in [-0.4, -0.2) is 67.6 Å². The molecule has 9 rings (SSSR count). The Morgan fingerprint density at radius 1 is 1.15 bits per heavy atom. The summed E-state index contributed by atoms with van der Waals surface area (Å²) in [6.07, 6.45) is 8.63. The van der Waals surface area contributed by atoms with Crippen LogP contribution in [0.1, 0.15) is 72.2 Å². The Morgan fingerprint density at radius 2 is 2.08 bits per heavy atom. The van der Waals surface area contributed by atoms with Crippen molar-refractivity contribution in [1.82, 2.24) is 29.6 Å². The molecule has 7 heterocycles. The van der Waals surface area contributed by atoms with Crippen LogP contribution in [0.15, 0.2) is 35.1 Å². The summed E-state index contributed by atoms with van der Waals surface area (Å²) in [6, 6.07) is 8.55. The van der Waals surface area contributed by atoms with Crippen LogP contribution in [0.3, 0.4) is 0 Å². The van der Waals surface area contributed by atoms with E-state index in [9.17, 15) is 9.65 Å². The molecule has 48 heavy (non-hydrogen) atoms. The number of ether oxygens (including phenoxy) is 2. The van der Waals surface area contributed by atoms with Crippen molar-refractivity contribution in [3.8, 4) is 23.7 Å². The molecule has 13 heteroatoms. The summed E-state index contributed by atoms with van der Waals surface area (Å²) >= 11 is 0. The third-order valence-electron chi connectivity index (χ3n) is 11.1. The minimum atomic E-state index is -0.845. The number of benzene rings is 1. The van der Waals surface area contributed by atoms with Gasteiger partial charge < -0.3 is 24.5 Å². The van der Waals surface area contributed by atoms with Gasteiger partial charge in [-0.05, 0) is 62.8 Å². The minimum absolute atomic E-state index is 0.294. The average Bonchev–Trinajstić information content (AvgIpc) is 3.87. The molecular weight excluding hydrogens is 613 g/mol. The number of anilines is 2. The molecule has 5 aliphatic rings. The zero-order valence-corrected chi connectivity index (χ0v) is 26.8. The quantitative estimate of drug-likeness (QED) is 0.306. The van der Waals surface area contributed by atoms with Crippen molar-refractivity contribution in [3.63, 3.8) is 0 Å². The number of nitriles is 1. The van der Waals surface area contributed by atoms with Gasteiger partial charge in [0.05, 0.1) is 41.8 Å². The number of fused-ring (bicyclic) bond motifs is 5. The Hall–Kier alpha value is -4.54. The number of oxazole rings is 1. The van der Waals surface area contributed by atoms with Crippen LogP contribution in [0.25, 0.3) is 11.6 Å². The van der Waals surface area contributed by atoms with Crippen LogP contribution >= 0.6 is 0 Å². The lowest BCUT2D eigenvalue weighted by atomic mass is 9.72. The molecule has 2 N–H and O–H groups in total. The van der Waals surface area contributed by atoms with E-state index in [0.29, 0.717) is 68.0 Å². The molecule has 0 amide bonds. The zero-order valence-electron chi connectivity index (χ0n) is 26.8. The third kappa shape index (κ3) is 4.76. The number of halogens is 1. The van der Waals surface area contributed by atoms with Crippen molar-refractivity contribution in [2.75, 3.05) is 36.9 Å². The molecule has 1 spiro atoms. The van der Waals surface area contributed by atoms with Gasteiger partial charge in [0.2, 0.25) is 5.89 Å². The van der Waals surface area contributed by atoms with Gasteiger partial charge in [0.25, 0.3) is 0 Å². The molecule has 1 aliphatic carbocycles. The van der Waals surface area contributed by atoms with Gasteiger partial charge in [-0.2, -0.15) is 20.3 Å². The highest BCUT2D eigenvalue weighted by atomic mass is 19.1. The highest BCUT2D eigenvalue weighted by molar-refractivity contribution is 5.63. The zero-order chi connectivity index (χ0) is 32.5. The summed E-state index contributed by atoms with van der Waals surface area (Å²) in [6.45, 7) is 4.06. The number of hydrogen-bond acceptors (Lipinski definition) is 11. The summed E-state index contributed by atoms with van der Waals surface area (Å²) in [5.74, 6) is 1.26. The Balaban J connectivity index is 1.10. The van der Waals surface area contributed by atoms with Gasteiger partial charge in [-0.3, -0.25) is 9.58 Å². The lowest BCUT2D eigenvalue weighted by Gasteiger charge is -2.43. The molecular formula is C35H38FN9O3. The molecule has 2 fully saturated rings. The third-order valence-corrected chi connectivity index (χ3v) is 11.1. The summed E-state index contributed by atoms with van der Waals surface area (Å²) in [5.41, 5.74) is 11.8. The molecule has 3 aromatic heterocycles. The standard InChI is InChI=1S/C35H38FN9O3/c36-23-15-34(7-2-11-44(34)18-23)21-47-33-40-29-16-35(8-1-4-22-5-6-27(38)25(17-37)30(22)35)48-20-26(29)31(41-33)43-10-3-12-45-24(19-43)14-28(42-45)32-39-9-13-46-32/h5-6,9,13-14,23H,1-4,7-8,10-12,15-16,18-21,38H2/t23-,34?,35+/m1/s1. The molecule has 1 unspecified atom stereocenters. The van der Waals surface area contributed by atoms with E-state index in [4.69, 9.17) is 34.7 Å². The molecule has 3 atom stereocenters. The first-order valence-corrected chi connectivity index (χ1v) is 17.0. The molecule has 2 saturated heterocycles. The van der Waals surface area contributed by atoms with Crippen molar-refractivity contribution in [2.24, 2.45) is 0 Å². The van der Waals surface area contributed by atoms with Crippen molar-refractivity contribution >= 4 is 11.5 Å². The number of alkyl halides is 1. The highest BCUT2D eigenvalue weighted by Crippen LogP contribution is 2.48. The summed E-state index contributed by atoms with van der Waals surface area (Å²) < 4.78 is 35.5. The van der Waals surface area contributed by atoms with Gasteiger partial charge in [0.1, 0.15) is 42.2 Å². The van der Waals surface area contributed by atoms with Crippen LogP contribution < -0.4 is 15.4 Å². The second-order valence-electron chi connectivity index (χ2n) is 14.0. The maximum atomic E-state index is 14.6. The number of nitrogens with zero attached hydrogens (tertiary/aromatic N) is 8. The summed E-state index contributed by atoms with van der Waals surface area (Å²) in [5, 5.41) is 15.0. The summed E-state index contributed by atoms with van der Waals surface area (Å²) in [4.78, 5) is 18.9. The predicted octanol–water partition coefficient (Wildman–Crippen LogP) is 4.45. The van der Waals surface area contributed by atoms with Crippen LogP contribution in [0.5, 0.6) is 6.01 Å². The number of nitrogens with two attached hydrogens (primary N) is 1. The van der Waals surface area contributed by atoms with E-state index < -0.39 is 11.8 Å². The number of hydrogen-bond donors (Lipinski definition) is 1. The summed E-state index contributed by atoms with van der Waals surface area (Å²) in [7, 11) is 0. The Labute approximate surface area is 277 Å². The van der Waals surface area contributed by atoms with Crippen molar-refractivity contribution in [1.29, 1.82) is 5.26 Å². The van der Waals surface area contributed by atoms with Gasteiger partial charge in [0.15, 0.2) is 0 Å². The van der Waals surface area contributed by atoms with Gasteiger partial charge >= 0.3 is 6.01 Å². The lowest BCUT2D eigenvalue weighted by Crippen LogP contribution is -2.44. The second kappa shape index (κ2) is 11.3. The Morgan fingerprint density at radius 3 is 2.96 bits per heavy atom. The number of rotatable bonds is 5. The van der Waals surface area contributed by atoms with Crippen molar-refractivity contribution in [2.45, 2.75) is 88.4 Å². The first-order chi connectivity index (χ1) is 23.4. The van der Waals surface area contributed by atoms with E-state index in [1.807, 2.05) is 22.9 Å². The molecule has 0 radical (unpaired) electrons. The fraction of sp³-hybridized carbons (Fsp3) is 0.514. The highest BCUT2D eigenvalue weighted by Gasteiger charge is 2.50. The molecule has 12 nitrogen and oxygen atoms in total. The topological polar surface area (TPSA) is 144 Å². The number of aromatic nitrogens is 5. The van der Waals surface area contributed by atoms with Gasteiger partial charge in [-0.25, -0.2) is 9.37 Å². The minimum Gasteiger partial charge on any atom is -0.461 e. The average molecular weight is 652 g/mol. The van der Waals surface area contributed by atoms with Gasteiger partial charge in [-0.1, -0.05) is 6.07 Å². The van der Waals surface area contributed by atoms with Crippen LogP contribution in [-0.2, 0) is 42.9 Å². The smallest absolute Gasteiger partial charge is 0.318 e. The number of aryl methyl sites for hydroxylation is 2. The van der Waals surface area contributed by atoms with Crippen LogP contribution in [0, 0.1) is 11.3 Å². The van der Waals surface area contributed by atoms with Crippen molar-refractivity contribution < 1.29 is 18.3 Å². The number of nitrogen functional groups attached to an aromatic ring is 1. The fourth-order valence-electron chi connectivity index (χ4n) is 8.91. The van der Waals surface area contributed by atoms with Gasteiger partial charge in [0, 0.05) is 49.3 Å². The van der Waals surface area contributed by atoms with E-state index in [0.717, 1.165) is 92.1 Å². The maximum Gasteiger partial charge on any atom is 0.318 e. The lowest BCUT2D eigenvalue weighted by molar-refractivity contribution is -0.0857. The van der Waals surface area contributed by atoms with E-state index in [1.165, 1.54) is 0 Å².